The number of H-pyrrole nitrogens is 1. The number of aromatic nitrogens is 1. The molecule has 0 radical (unpaired) electrons. The third-order valence-corrected chi connectivity index (χ3v) is 8.63. The Labute approximate surface area is 241 Å². The SMILES string of the molecule is COc1cccc([C@@H]2c3[nH]c4ccccc4c3C[C@H]3C(=O)N(c4ccccc4C(=O)N4CCC[C@H]4C(=O)O)C(=O)N23)c1. The largest absolute Gasteiger partial charge is 0.497 e. The van der Waals surface area contributed by atoms with Crippen molar-refractivity contribution in [1.29, 1.82) is 0 Å². The number of hydrogen-bond donors (Lipinski definition) is 2. The van der Waals surface area contributed by atoms with Gasteiger partial charge in [0, 0.05) is 29.6 Å². The second kappa shape index (κ2) is 9.76. The Morgan fingerprint density at radius 3 is 2.60 bits per heavy atom. The van der Waals surface area contributed by atoms with E-state index in [9.17, 15) is 24.3 Å². The van der Waals surface area contributed by atoms with Crippen molar-refractivity contribution in [3.63, 3.8) is 0 Å². The zero-order valence-corrected chi connectivity index (χ0v) is 22.8. The van der Waals surface area contributed by atoms with Crippen molar-refractivity contribution in [1.82, 2.24) is 14.8 Å². The number of carboxylic acids is 1. The molecule has 42 heavy (non-hydrogen) atoms. The number of fused-ring (bicyclic) bond motifs is 4. The van der Waals surface area contributed by atoms with Gasteiger partial charge in [0.2, 0.25) is 0 Å². The molecule has 2 fully saturated rings. The zero-order chi connectivity index (χ0) is 29.1. The number of nitrogens with one attached hydrogen (secondary N) is 1. The van der Waals surface area contributed by atoms with Gasteiger partial charge in [-0.25, -0.2) is 14.5 Å². The van der Waals surface area contributed by atoms with Gasteiger partial charge in [-0.05, 0) is 54.3 Å². The van der Waals surface area contributed by atoms with Crippen molar-refractivity contribution in [2.75, 3.05) is 18.6 Å². The number of para-hydroxylation sites is 2. The summed E-state index contributed by atoms with van der Waals surface area (Å²) >= 11 is 0. The Hall–Kier alpha value is -5.12. The van der Waals surface area contributed by atoms with E-state index >= 15 is 0 Å². The number of ether oxygens (including phenoxy) is 1. The number of imide groups is 1. The maximum absolute atomic E-state index is 14.3. The van der Waals surface area contributed by atoms with Crippen LogP contribution in [0.1, 0.15) is 46.1 Å². The molecule has 212 valence electrons. The van der Waals surface area contributed by atoms with Crippen molar-refractivity contribution in [3.8, 4) is 5.75 Å². The van der Waals surface area contributed by atoms with Gasteiger partial charge in [-0.2, -0.15) is 0 Å². The van der Waals surface area contributed by atoms with Crippen LogP contribution in [0.3, 0.4) is 0 Å². The lowest BCUT2D eigenvalue weighted by Gasteiger charge is -2.36. The Bertz CT molecular complexity index is 1780. The molecule has 0 aliphatic carbocycles. The van der Waals surface area contributed by atoms with E-state index < -0.39 is 41.9 Å². The molecule has 4 amide bonds. The van der Waals surface area contributed by atoms with Gasteiger partial charge in [0.15, 0.2) is 0 Å². The summed E-state index contributed by atoms with van der Waals surface area (Å²) in [5, 5.41) is 10.7. The van der Waals surface area contributed by atoms with Crippen molar-refractivity contribution in [2.24, 2.45) is 0 Å². The van der Waals surface area contributed by atoms with Gasteiger partial charge in [-0.1, -0.05) is 42.5 Å². The molecule has 10 nitrogen and oxygen atoms in total. The van der Waals surface area contributed by atoms with Crippen molar-refractivity contribution >= 4 is 40.4 Å². The van der Waals surface area contributed by atoms with Crippen molar-refractivity contribution in [2.45, 2.75) is 37.4 Å². The topological polar surface area (TPSA) is 123 Å². The summed E-state index contributed by atoms with van der Waals surface area (Å²) in [5.74, 6) is -1.39. The molecule has 0 unspecified atom stereocenters. The summed E-state index contributed by atoms with van der Waals surface area (Å²) in [4.78, 5) is 61.6. The van der Waals surface area contributed by atoms with Gasteiger partial charge < -0.3 is 19.7 Å². The molecule has 4 aromatic rings. The first-order valence-electron chi connectivity index (χ1n) is 13.9. The number of carboxylic acid groups (broad SMARTS) is 1. The van der Waals surface area contributed by atoms with Crippen LogP contribution in [0.15, 0.2) is 72.8 Å². The molecule has 0 saturated carbocycles. The fourth-order valence-corrected chi connectivity index (χ4v) is 6.73. The highest BCUT2D eigenvalue weighted by Crippen LogP contribution is 2.45. The van der Waals surface area contributed by atoms with Crippen LogP contribution < -0.4 is 9.64 Å². The number of nitrogens with zero attached hydrogens (tertiary/aromatic N) is 3. The molecular weight excluding hydrogens is 536 g/mol. The minimum absolute atomic E-state index is 0.120. The fourth-order valence-electron chi connectivity index (χ4n) is 6.73. The standard InChI is InChI=1S/C32H28N4O6/c1-42-19-9-6-8-18(16-19)28-27-22(20-10-2-4-12-23(20)33-27)17-26-30(38)36(32(41)35(26)28)24-13-5-3-11-21(24)29(37)34-15-7-14-25(34)31(39)40/h2-6,8-13,16,25-26,28,33H,7,14-15,17H2,1H3,(H,39,40)/t25-,26-,28+/m0/s1. The number of methoxy groups -OCH3 is 1. The predicted octanol–water partition coefficient (Wildman–Crippen LogP) is 4.35. The number of rotatable bonds is 5. The number of urea groups is 1. The molecule has 10 heteroatoms. The van der Waals surface area contributed by atoms with Crippen LogP contribution in [0.25, 0.3) is 10.9 Å². The van der Waals surface area contributed by atoms with Gasteiger partial charge in [-0.3, -0.25) is 14.5 Å². The van der Waals surface area contributed by atoms with E-state index in [1.54, 1.807) is 36.3 Å². The third kappa shape index (κ3) is 3.78. The first-order valence-corrected chi connectivity index (χ1v) is 13.9. The van der Waals surface area contributed by atoms with E-state index in [2.05, 4.69) is 4.98 Å². The Balaban J connectivity index is 1.34. The molecule has 3 aliphatic heterocycles. The fraction of sp³-hybridized carbons (Fsp3) is 0.250. The highest BCUT2D eigenvalue weighted by Gasteiger charge is 2.54. The van der Waals surface area contributed by atoms with E-state index in [1.165, 1.54) is 4.90 Å². The number of likely N-dealkylation sites (tertiary alicyclic amines) is 1. The molecule has 7 rings (SSSR count). The van der Waals surface area contributed by atoms with Crippen molar-refractivity contribution < 1.29 is 29.0 Å². The van der Waals surface area contributed by atoms with Crippen LogP contribution in [-0.4, -0.2) is 69.4 Å². The average Bonchev–Trinajstić information content (AvgIpc) is 3.71. The summed E-state index contributed by atoms with van der Waals surface area (Å²) in [6.07, 6.45) is 1.23. The molecule has 3 aromatic carbocycles. The van der Waals surface area contributed by atoms with E-state index in [4.69, 9.17) is 4.74 Å². The molecule has 2 saturated heterocycles. The van der Waals surface area contributed by atoms with Crippen LogP contribution in [0.5, 0.6) is 5.75 Å². The minimum atomic E-state index is -1.07. The summed E-state index contributed by atoms with van der Waals surface area (Å²) in [7, 11) is 1.58. The van der Waals surface area contributed by atoms with Gasteiger partial charge in [-0.15, -0.1) is 0 Å². The van der Waals surface area contributed by atoms with Crippen LogP contribution >= 0.6 is 0 Å². The first kappa shape index (κ1) is 25.8. The average molecular weight is 565 g/mol. The summed E-state index contributed by atoms with van der Waals surface area (Å²) < 4.78 is 5.48. The minimum Gasteiger partial charge on any atom is -0.497 e. The monoisotopic (exact) mass is 564 g/mol. The van der Waals surface area contributed by atoms with E-state index in [0.29, 0.717) is 31.6 Å². The van der Waals surface area contributed by atoms with Crippen molar-refractivity contribution in [3.05, 3.63) is 95.2 Å². The second-order valence-electron chi connectivity index (χ2n) is 10.8. The predicted molar refractivity (Wildman–Crippen MR) is 153 cm³/mol. The zero-order valence-electron chi connectivity index (χ0n) is 22.8. The highest BCUT2D eigenvalue weighted by molar-refractivity contribution is 6.24. The highest BCUT2D eigenvalue weighted by atomic mass is 16.5. The number of carbonyl (C=O) groups is 4. The van der Waals surface area contributed by atoms with E-state index in [-0.39, 0.29) is 11.3 Å². The smallest absolute Gasteiger partial charge is 0.332 e. The van der Waals surface area contributed by atoms with Crippen LogP contribution in [0, 0.1) is 0 Å². The molecule has 3 atom stereocenters. The maximum Gasteiger partial charge on any atom is 0.332 e. The quantitative estimate of drug-likeness (QED) is 0.348. The van der Waals surface area contributed by atoms with E-state index in [0.717, 1.165) is 32.6 Å². The Kier molecular flexibility index (Phi) is 6.00. The number of amides is 4. The third-order valence-electron chi connectivity index (χ3n) is 8.63. The Morgan fingerprint density at radius 2 is 1.79 bits per heavy atom. The maximum atomic E-state index is 14.3. The van der Waals surface area contributed by atoms with Crippen LogP contribution in [-0.2, 0) is 16.0 Å². The molecule has 0 bridgehead atoms. The summed E-state index contributed by atoms with van der Waals surface area (Å²) in [5.41, 5.74) is 3.77. The Morgan fingerprint density at radius 1 is 1.00 bits per heavy atom. The molecule has 3 aliphatic rings. The van der Waals surface area contributed by atoms with E-state index in [1.807, 2.05) is 48.5 Å². The lowest BCUT2D eigenvalue weighted by molar-refractivity contribution is -0.141. The van der Waals surface area contributed by atoms with Gasteiger partial charge in [0.25, 0.3) is 11.8 Å². The van der Waals surface area contributed by atoms with Crippen LogP contribution in [0.2, 0.25) is 0 Å². The summed E-state index contributed by atoms with van der Waals surface area (Å²) in [6, 6.07) is 18.8. The number of aromatic amines is 1. The molecular formula is C32H28N4O6. The van der Waals surface area contributed by atoms with Gasteiger partial charge in [0.05, 0.1) is 18.4 Å². The first-order chi connectivity index (χ1) is 20.4. The number of hydrogen-bond acceptors (Lipinski definition) is 5. The lowest BCUT2D eigenvalue weighted by atomic mass is 9.89. The number of aliphatic carboxylic acids is 1. The van der Waals surface area contributed by atoms with Crippen LogP contribution in [0.4, 0.5) is 10.5 Å². The second-order valence-corrected chi connectivity index (χ2v) is 10.8. The lowest BCUT2D eigenvalue weighted by Crippen LogP contribution is -2.44. The normalized spacial score (nSPS) is 21.5. The molecule has 0 spiro atoms. The number of carbonyl (C=O) groups excluding carboxylic acids is 3. The number of benzene rings is 3. The summed E-state index contributed by atoms with van der Waals surface area (Å²) in [6.45, 7) is 0.292. The molecule has 2 N–H and O–H groups in total. The molecule has 1 aromatic heterocycles. The van der Waals surface area contributed by atoms with Gasteiger partial charge in [0.1, 0.15) is 23.9 Å². The number of anilines is 1. The molecule has 4 heterocycles. The van der Waals surface area contributed by atoms with Gasteiger partial charge >= 0.3 is 12.0 Å².